The van der Waals surface area contributed by atoms with Crippen LogP contribution in [-0.2, 0) is 4.74 Å². The molecule has 5 heteroatoms. The number of ether oxygens (including phenoxy) is 2. The van der Waals surface area contributed by atoms with E-state index < -0.39 is 5.60 Å². The lowest BCUT2D eigenvalue weighted by Crippen LogP contribution is -2.61. The van der Waals surface area contributed by atoms with Gasteiger partial charge in [0.1, 0.15) is 18.0 Å². The first-order chi connectivity index (χ1) is 12.1. The highest BCUT2D eigenvalue weighted by molar-refractivity contribution is 5.90. The first-order valence-electron chi connectivity index (χ1n) is 9.07. The van der Waals surface area contributed by atoms with Crippen molar-refractivity contribution in [2.75, 3.05) is 32.8 Å². The van der Waals surface area contributed by atoms with Crippen LogP contribution in [0.25, 0.3) is 6.08 Å². The van der Waals surface area contributed by atoms with E-state index in [0.717, 1.165) is 31.5 Å². The summed E-state index contributed by atoms with van der Waals surface area (Å²) in [6.07, 6.45) is 5.87. The Labute approximate surface area is 149 Å². The van der Waals surface area contributed by atoms with Crippen LogP contribution in [0.4, 0.5) is 0 Å². The molecular formula is C20H27NO4. The molecule has 1 aromatic rings. The van der Waals surface area contributed by atoms with Crippen LogP contribution in [0, 0.1) is 5.92 Å². The van der Waals surface area contributed by atoms with Crippen LogP contribution in [-0.4, -0.2) is 54.4 Å². The smallest absolute Gasteiger partial charge is 0.338 e. The van der Waals surface area contributed by atoms with Crippen molar-refractivity contribution in [2.24, 2.45) is 5.92 Å². The van der Waals surface area contributed by atoms with Gasteiger partial charge in [-0.05, 0) is 63.9 Å². The van der Waals surface area contributed by atoms with Crippen molar-refractivity contribution in [2.45, 2.75) is 32.3 Å². The van der Waals surface area contributed by atoms with Gasteiger partial charge >= 0.3 is 5.97 Å². The highest BCUT2D eigenvalue weighted by atomic mass is 16.5. The molecule has 0 spiro atoms. The quantitative estimate of drug-likeness (QED) is 0.804. The van der Waals surface area contributed by atoms with Gasteiger partial charge in [-0.3, -0.25) is 0 Å². The van der Waals surface area contributed by atoms with Gasteiger partial charge in [-0.2, -0.15) is 0 Å². The second-order valence-corrected chi connectivity index (χ2v) is 6.92. The molecule has 136 valence electrons. The van der Waals surface area contributed by atoms with Gasteiger partial charge in [-0.25, -0.2) is 4.79 Å². The molecule has 3 aliphatic heterocycles. The third-order valence-corrected chi connectivity index (χ3v) is 5.19. The van der Waals surface area contributed by atoms with Crippen molar-refractivity contribution in [3.05, 3.63) is 35.4 Å². The third kappa shape index (κ3) is 3.88. The highest BCUT2D eigenvalue weighted by Crippen LogP contribution is 2.36. The number of fused-ring (bicyclic) bond motifs is 3. The summed E-state index contributed by atoms with van der Waals surface area (Å²) in [6.45, 7) is 7.16. The van der Waals surface area contributed by atoms with Crippen LogP contribution >= 0.6 is 0 Å². The second kappa shape index (κ2) is 7.58. The first-order valence-corrected chi connectivity index (χ1v) is 9.07. The molecule has 2 bridgehead atoms. The summed E-state index contributed by atoms with van der Waals surface area (Å²) in [4.78, 5) is 14.2. The van der Waals surface area contributed by atoms with Crippen molar-refractivity contribution in [3.8, 4) is 5.75 Å². The summed E-state index contributed by atoms with van der Waals surface area (Å²) < 4.78 is 11.1. The number of hydrogen-bond donors (Lipinski definition) is 1. The maximum atomic E-state index is 11.9. The maximum absolute atomic E-state index is 11.9. The molecule has 0 aromatic heterocycles. The Balaban J connectivity index is 1.74. The summed E-state index contributed by atoms with van der Waals surface area (Å²) in [5, 5.41) is 11.0. The van der Waals surface area contributed by atoms with E-state index in [1.807, 2.05) is 19.1 Å². The Morgan fingerprint density at radius 1 is 1.40 bits per heavy atom. The minimum absolute atomic E-state index is 0.275. The maximum Gasteiger partial charge on any atom is 0.338 e. The number of hydrogen-bond acceptors (Lipinski definition) is 5. The average Bonchev–Trinajstić information content (AvgIpc) is 2.62. The predicted molar refractivity (Wildman–Crippen MR) is 96.7 cm³/mol. The van der Waals surface area contributed by atoms with Crippen molar-refractivity contribution in [1.29, 1.82) is 0 Å². The fraction of sp³-hybridized carbons (Fsp3) is 0.550. The molecule has 25 heavy (non-hydrogen) atoms. The van der Waals surface area contributed by atoms with Gasteiger partial charge in [0, 0.05) is 12.1 Å². The molecule has 5 nitrogen and oxygen atoms in total. The number of carbonyl (C=O) groups is 1. The molecule has 0 saturated carbocycles. The lowest BCUT2D eigenvalue weighted by molar-refractivity contribution is -0.131. The standard InChI is InChI=1S/C20H27NO4/c1-3-5-15-12-16(19(22)24-4-2)6-7-18(15)25-14-20(23)13-21-10-8-17(20)9-11-21/h3,5-7,12,17,23H,4,8-11,13-14H2,1-2H3. The number of rotatable bonds is 6. The summed E-state index contributed by atoms with van der Waals surface area (Å²) in [5.41, 5.74) is 0.533. The number of aliphatic hydroxyl groups is 1. The molecule has 1 N–H and O–H groups in total. The summed E-state index contributed by atoms with van der Waals surface area (Å²) in [6, 6.07) is 5.26. The molecule has 0 radical (unpaired) electrons. The van der Waals surface area contributed by atoms with E-state index in [1.165, 1.54) is 0 Å². The largest absolute Gasteiger partial charge is 0.490 e. The summed E-state index contributed by atoms with van der Waals surface area (Å²) in [5.74, 6) is 0.647. The van der Waals surface area contributed by atoms with Crippen LogP contribution in [0.1, 0.15) is 42.6 Å². The molecule has 1 atom stereocenters. The Bertz CT molecular complexity index is 649. The third-order valence-electron chi connectivity index (χ3n) is 5.19. The zero-order valence-electron chi connectivity index (χ0n) is 15.0. The zero-order chi connectivity index (χ0) is 17.9. The lowest BCUT2D eigenvalue weighted by Gasteiger charge is -2.50. The molecule has 3 saturated heterocycles. The van der Waals surface area contributed by atoms with Crippen LogP contribution < -0.4 is 4.74 Å². The average molecular weight is 345 g/mol. The Kier molecular flexibility index (Phi) is 5.45. The normalized spacial score (nSPS) is 28.3. The summed E-state index contributed by atoms with van der Waals surface area (Å²) >= 11 is 0. The molecular weight excluding hydrogens is 318 g/mol. The van der Waals surface area contributed by atoms with Crippen LogP contribution in [0.5, 0.6) is 5.75 Å². The van der Waals surface area contributed by atoms with Gasteiger partial charge in [0.05, 0.1) is 12.2 Å². The first kappa shape index (κ1) is 18.0. The van der Waals surface area contributed by atoms with Gasteiger partial charge in [0.2, 0.25) is 0 Å². The number of esters is 1. The Morgan fingerprint density at radius 2 is 2.16 bits per heavy atom. The van der Waals surface area contributed by atoms with E-state index >= 15 is 0 Å². The number of benzene rings is 1. The van der Waals surface area contributed by atoms with E-state index in [9.17, 15) is 9.90 Å². The minimum atomic E-state index is -0.788. The van der Waals surface area contributed by atoms with Gasteiger partial charge in [0.15, 0.2) is 0 Å². The van der Waals surface area contributed by atoms with E-state index in [1.54, 1.807) is 25.1 Å². The molecule has 3 fully saturated rings. The van der Waals surface area contributed by atoms with Crippen molar-refractivity contribution < 1.29 is 19.4 Å². The van der Waals surface area contributed by atoms with Crippen molar-refractivity contribution >= 4 is 12.0 Å². The minimum Gasteiger partial charge on any atom is -0.490 e. The molecule has 1 unspecified atom stereocenters. The molecule has 4 rings (SSSR count). The monoisotopic (exact) mass is 345 g/mol. The van der Waals surface area contributed by atoms with E-state index in [0.29, 0.717) is 30.4 Å². The Hall–Kier alpha value is -1.85. The van der Waals surface area contributed by atoms with Crippen LogP contribution in [0.15, 0.2) is 24.3 Å². The van der Waals surface area contributed by atoms with Gasteiger partial charge in [-0.15, -0.1) is 0 Å². The van der Waals surface area contributed by atoms with Crippen LogP contribution in [0.3, 0.4) is 0 Å². The van der Waals surface area contributed by atoms with Crippen molar-refractivity contribution in [1.82, 2.24) is 4.90 Å². The highest BCUT2D eigenvalue weighted by Gasteiger charge is 2.46. The molecule has 0 amide bonds. The molecule has 0 aliphatic carbocycles. The number of piperidine rings is 3. The molecule has 1 aromatic carbocycles. The summed E-state index contributed by atoms with van der Waals surface area (Å²) in [7, 11) is 0. The van der Waals surface area contributed by atoms with E-state index in [2.05, 4.69) is 4.90 Å². The van der Waals surface area contributed by atoms with Gasteiger partial charge in [0.25, 0.3) is 0 Å². The number of allylic oxidation sites excluding steroid dienone is 1. The number of nitrogens with zero attached hydrogens (tertiary/aromatic N) is 1. The van der Waals surface area contributed by atoms with Gasteiger partial charge < -0.3 is 19.5 Å². The second-order valence-electron chi connectivity index (χ2n) is 6.92. The van der Waals surface area contributed by atoms with Crippen molar-refractivity contribution in [3.63, 3.8) is 0 Å². The molecule has 3 aliphatic rings. The predicted octanol–water partition coefficient (Wildman–Crippen LogP) is 2.73. The lowest BCUT2D eigenvalue weighted by atomic mass is 9.76. The van der Waals surface area contributed by atoms with Gasteiger partial charge in [-0.1, -0.05) is 12.2 Å². The zero-order valence-corrected chi connectivity index (χ0v) is 15.0. The fourth-order valence-electron chi connectivity index (χ4n) is 3.84. The SMILES string of the molecule is CC=Cc1cc(C(=O)OCC)ccc1OCC1(O)CN2CCC1CC2. The van der Waals surface area contributed by atoms with E-state index in [4.69, 9.17) is 9.47 Å². The fourth-order valence-corrected chi connectivity index (χ4v) is 3.84. The van der Waals surface area contributed by atoms with Crippen LogP contribution in [0.2, 0.25) is 0 Å². The number of carbonyl (C=O) groups excluding carboxylic acids is 1. The topological polar surface area (TPSA) is 59.0 Å². The molecule has 3 heterocycles. The Morgan fingerprint density at radius 3 is 2.76 bits per heavy atom. The van der Waals surface area contributed by atoms with E-state index in [-0.39, 0.29) is 12.6 Å².